The van der Waals surface area contributed by atoms with Gasteiger partial charge in [-0.05, 0) is 24.6 Å². The minimum Gasteiger partial charge on any atom is -0.342 e. The highest BCUT2D eigenvalue weighted by Crippen LogP contribution is 2.19. The molecule has 0 saturated carbocycles. The van der Waals surface area contributed by atoms with Gasteiger partial charge in [0.1, 0.15) is 16.8 Å². The molecular weight excluding hydrogens is 288 g/mol. The number of rotatable bonds is 4. The number of amides is 1. The Bertz CT molecular complexity index is 640. The van der Waals surface area contributed by atoms with Crippen LogP contribution in [0.4, 0.5) is 11.5 Å². The predicted octanol–water partition coefficient (Wildman–Crippen LogP) is 3.16. The second-order valence-electron chi connectivity index (χ2n) is 4.82. The summed E-state index contributed by atoms with van der Waals surface area (Å²) in [4.78, 5) is 21.2. The Kier molecular flexibility index (Phi) is 4.75. The summed E-state index contributed by atoms with van der Waals surface area (Å²) < 4.78 is 0. The second-order valence-corrected chi connectivity index (χ2v) is 5.21. The van der Waals surface area contributed by atoms with Crippen molar-refractivity contribution in [2.24, 2.45) is 0 Å². The standard InChI is InChI=1S/C15H17ClN4O/c1-10-17-14(16)8-15(18-10)19-13-6-4-5-12(7-13)9-20(3)11(2)21/h4-8H,9H2,1-3H3,(H,17,18,19). The van der Waals surface area contributed by atoms with Crippen molar-refractivity contribution < 1.29 is 4.79 Å². The van der Waals surface area contributed by atoms with Crippen molar-refractivity contribution in [1.29, 1.82) is 0 Å². The number of halogens is 1. The quantitative estimate of drug-likeness (QED) is 0.882. The minimum absolute atomic E-state index is 0.0339. The molecular formula is C15H17ClN4O. The van der Waals surface area contributed by atoms with E-state index in [0.29, 0.717) is 23.3 Å². The maximum Gasteiger partial charge on any atom is 0.219 e. The highest BCUT2D eigenvalue weighted by Gasteiger charge is 2.05. The van der Waals surface area contributed by atoms with Crippen LogP contribution < -0.4 is 5.32 Å². The number of benzene rings is 1. The van der Waals surface area contributed by atoms with Crippen LogP contribution in [0.15, 0.2) is 30.3 Å². The lowest BCUT2D eigenvalue weighted by molar-refractivity contribution is -0.128. The van der Waals surface area contributed by atoms with E-state index in [1.165, 1.54) is 0 Å². The molecule has 5 nitrogen and oxygen atoms in total. The molecule has 1 N–H and O–H groups in total. The third kappa shape index (κ3) is 4.43. The maximum atomic E-state index is 11.3. The zero-order chi connectivity index (χ0) is 15.4. The molecule has 6 heteroatoms. The molecule has 1 amide bonds. The molecule has 110 valence electrons. The van der Waals surface area contributed by atoms with Crippen molar-refractivity contribution in [2.45, 2.75) is 20.4 Å². The van der Waals surface area contributed by atoms with Crippen molar-refractivity contribution in [2.75, 3.05) is 12.4 Å². The number of nitrogens with one attached hydrogen (secondary N) is 1. The minimum atomic E-state index is 0.0339. The molecule has 0 fully saturated rings. The van der Waals surface area contributed by atoms with E-state index >= 15 is 0 Å². The lowest BCUT2D eigenvalue weighted by Gasteiger charge is -2.15. The molecule has 0 unspecified atom stereocenters. The number of carbonyl (C=O) groups is 1. The molecule has 0 aliphatic rings. The van der Waals surface area contributed by atoms with Crippen molar-refractivity contribution >= 4 is 29.0 Å². The average molecular weight is 305 g/mol. The number of hydrogen-bond acceptors (Lipinski definition) is 4. The van der Waals surface area contributed by atoms with E-state index in [1.807, 2.05) is 24.3 Å². The van der Waals surface area contributed by atoms with E-state index in [2.05, 4.69) is 15.3 Å². The van der Waals surface area contributed by atoms with Crippen LogP contribution in [0.1, 0.15) is 18.3 Å². The van der Waals surface area contributed by atoms with Gasteiger partial charge >= 0.3 is 0 Å². The van der Waals surface area contributed by atoms with E-state index in [4.69, 9.17) is 11.6 Å². The Morgan fingerprint density at radius 1 is 1.33 bits per heavy atom. The van der Waals surface area contributed by atoms with Crippen LogP contribution in [0.3, 0.4) is 0 Å². The molecule has 1 aromatic heterocycles. The van der Waals surface area contributed by atoms with Gasteiger partial charge in [-0.25, -0.2) is 9.97 Å². The van der Waals surface area contributed by atoms with Gasteiger partial charge in [0.05, 0.1) is 0 Å². The van der Waals surface area contributed by atoms with Crippen LogP contribution in [-0.4, -0.2) is 27.8 Å². The van der Waals surface area contributed by atoms with Gasteiger partial charge in [0.2, 0.25) is 5.91 Å². The first-order valence-corrected chi connectivity index (χ1v) is 6.90. The number of hydrogen-bond donors (Lipinski definition) is 1. The van der Waals surface area contributed by atoms with E-state index in [-0.39, 0.29) is 5.91 Å². The lowest BCUT2D eigenvalue weighted by Crippen LogP contribution is -2.22. The van der Waals surface area contributed by atoms with Crippen LogP contribution in [0.25, 0.3) is 0 Å². The number of carbonyl (C=O) groups excluding carboxylic acids is 1. The van der Waals surface area contributed by atoms with E-state index in [0.717, 1.165) is 11.3 Å². The molecule has 0 saturated heterocycles. The molecule has 2 aromatic rings. The van der Waals surface area contributed by atoms with Gasteiger partial charge < -0.3 is 10.2 Å². The predicted molar refractivity (Wildman–Crippen MR) is 83.7 cm³/mol. The molecule has 1 aromatic carbocycles. The summed E-state index contributed by atoms with van der Waals surface area (Å²) in [5.74, 6) is 1.29. The lowest BCUT2D eigenvalue weighted by atomic mass is 10.2. The van der Waals surface area contributed by atoms with E-state index in [9.17, 15) is 4.79 Å². The molecule has 0 bridgehead atoms. The van der Waals surface area contributed by atoms with Gasteiger partial charge in [0, 0.05) is 32.3 Å². The summed E-state index contributed by atoms with van der Waals surface area (Å²) in [6, 6.07) is 9.49. The fraction of sp³-hybridized carbons (Fsp3) is 0.267. The molecule has 0 atom stereocenters. The van der Waals surface area contributed by atoms with Crippen molar-refractivity contribution in [3.63, 3.8) is 0 Å². The van der Waals surface area contributed by atoms with Gasteiger partial charge in [-0.15, -0.1) is 0 Å². The highest BCUT2D eigenvalue weighted by molar-refractivity contribution is 6.29. The van der Waals surface area contributed by atoms with Crippen LogP contribution in [0.5, 0.6) is 0 Å². The molecule has 0 radical (unpaired) electrons. The first-order valence-electron chi connectivity index (χ1n) is 6.53. The summed E-state index contributed by atoms with van der Waals surface area (Å²) in [6.07, 6.45) is 0. The Morgan fingerprint density at radius 3 is 2.76 bits per heavy atom. The number of nitrogens with zero attached hydrogens (tertiary/aromatic N) is 3. The van der Waals surface area contributed by atoms with Gasteiger partial charge in [0.15, 0.2) is 0 Å². The summed E-state index contributed by atoms with van der Waals surface area (Å²) >= 11 is 5.92. The van der Waals surface area contributed by atoms with Crippen LogP contribution in [-0.2, 0) is 11.3 Å². The highest BCUT2D eigenvalue weighted by atomic mass is 35.5. The average Bonchev–Trinajstić information content (AvgIpc) is 2.37. The van der Waals surface area contributed by atoms with Gasteiger partial charge in [-0.3, -0.25) is 4.79 Å². The summed E-state index contributed by atoms with van der Waals surface area (Å²) in [5.41, 5.74) is 1.92. The third-order valence-electron chi connectivity index (χ3n) is 2.96. The molecule has 2 rings (SSSR count). The maximum absolute atomic E-state index is 11.3. The number of aryl methyl sites for hydroxylation is 1. The zero-order valence-corrected chi connectivity index (χ0v) is 13.0. The van der Waals surface area contributed by atoms with E-state index < -0.39 is 0 Å². The molecule has 0 aliphatic heterocycles. The molecule has 0 aliphatic carbocycles. The smallest absolute Gasteiger partial charge is 0.219 e. The first kappa shape index (κ1) is 15.3. The van der Waals surface area contributed by atoms with Crippen molar-refractivity contribution in [1.82, 2.24) is 14.9 Å². The van der Waals surface area contributed by atoms with Crippen molar-refractivity contribution in [3.05, 3.63) is 46.9 Å². The first-order chi connectivity index (χ1) is 9.94. The summed E-state index contributed by atoms with van der Waals surface area (Å²) in [7, 11) is 1.77. The third-order valence-corrected chi connectivity index (χ3v) is 3.16. The van der Waals surface area contributed by atoms with Gasteiger partial charge in [-0.2, -0.15) is 0 Å². The Labute approximate surface area is 129 Å². The van der Waals surface area contributed by atoms with Crippen LogP contribution in [0, 0.1) is 6.92 Å². The summed E-state index contributed by atoms with van der Waals surface area (Å²) in [6.45, 7) is 3.90. The topological polar surface area (TPSA) is 58.1 Å². The zero-order valence-electron chi connectivity index (χ0n) is 12.2. The number of aromatic nitrogens is 2. The normalized spacial score (nSPS) is 10.3. The van der Waals surface area contributed by atoms with E-state index in [1.54, 1.807) is 31.9 Å². The summed E-state index contributed by atoms with van der Waals surface area (Å²) in [5, 5.41) is 3.59. The van der Waals surface area contributed by atoms with Crippen LogP contribution in [0.2, 0.25) is 5.15 Å². The SMILES string of the molecule is CC(=O)N(C)Cc1cccc(Nc2cc(Cl)nc(C)n2)c1. The number of anilines is 2. The Hall–Kier alpha value is -2.14. The van der Waals surface area contributed by atoms with Gasteiger partial charge in [0.25, 0.3) is 0 Å². The molecule has 1 heterocycles. The molecule has 0 spiro atoms. The van der Waals surface area contributed by atoms with Crippen LogP contribution >= 0.6 is 11.6 Å². The Balaban J connectivity index is 2.15. The fourth-order valence-electron chi connectivity index (χ4n) is 1.88. The second kappa shape index (κ2) is 6.54. The fourth-order valence-corrected chi connectivity index (χ4v) is 2.10. The largest absolute Gasteiger partial charge is 0.342 e. The van der Waals surface area contributed by atoms with Gasteiger partial charge in [-0.1, -0.05) is 23.7 Å². The van der Waals surface area contributed by atoms with Crippen molar-refractivity contribution in [3.8, 4) is 0 Å². The monoisotopic (exact) mass is 304 g/mol. The Morgan fingerprint density at radius 2 is 2.10 bits per heavy atom. The molecule has 21 heavy (non-hydrogen) atoms.